The molecular formula is C22H23N5O3. The number of anilines is 1. The molecule has 0 spiro atoms. The molecule has 0 unspecified atom stereocenters. The summed E-state index contributed by atoms with van der Waals surface area (Å²) in [6.07, 6.45) is 0.333. The molecule has 0 aliphatic rings. The minimum Gasteiger partial charge on any atom is -0.369 e. The van der Waals surface area contributed by atoms with Crippen LogP contribution < -0.4 is 5.32 Å². The van der Waals surface area contributed by atoms with E-state index in [9.17, 15) is 14.9 Å². The summed E-state index contributed by atoms with van der Waals surface area (Å²) in [4.78, 5) is 33.3. The van der Waals surface area contributed by atoms with Gasteiger partial charge in [0, 0.05) is 56.0 Å². The monoisotopic (exact) mass is 405 g/mol. The fourth-order valence-electron chi connectivity index (χ4n) is 2.95. The molecule has 1 N–H and O–H groups in total. The van der Waals surface area contributed by atoms with E-state index in [1.165, 1.54) is 12.1 Å². The number of amides is 1. The van der Waals surface area contributed by atoms with E-state index < -0.39 is 4.92 Å². The van der Waals surface area contributed by atoms with Crippen LogP contribution in [0.5, 0.6) is 0 Å². The highest BCUT2D eigenvalue weighted by atomic mass is 16.6. The number of nitrogens with zero attached hydrogens (tertiary/aromatic N) is 4. The zero-order valence-corrected chi connectivity index (χ0v) is 16.9. The van der Waals surface area contributed by atoms with Crippen LogP contribution >= 0.6 is 0 Å². The zero-order valence-electron chi connectivity index (χ0n) is 16.9. The van der Waals surface area contributed by atoms with E-state index in [0.29, 0.717) is 36.7 Å². The number of nitrogens with one attached hydrogen (secondary N) is 1. The normalized spacial score (nSPS) is 10.5. The second kappa shape index (κ2) is 9.60. The molecule has 3 rings (SSSR count). The third-order valence-electron chi connectivity index (χ3n) is 4.52. The Balaban J connectivity index is 1.59. The maximum absolute atomic E-state index is 12.4. The van der Waals surface area contributed by atoms with Crippen LogP contribution in [0.25, 0.3) is 11.4 Å². The second-order valence-corrected chi connectivity index (χ2v) is 6.93. The van der Waals surface area contributed by atoms with Crippen LogP contribution in [0, 0.1) is 17.0 Å². The van der Waals surface area contributed by atoms with Crippen molar-refractivity contribution in [1.29, 1.82) is 0 Å². The Labute approximate surface area is 174 Å². The van der Waals surface area contributed by atoms with Crippen LogP contribution in [0.2, 0.25) is 0 Å². The van der Waals surface area contributed by atoms with Crippen molar-refractivity contribution in [2.24, 2.45) is 0 Å². The summed E-state index contributed by atoms with van der Waals surface area (Å²) in [6, 6.07) is 17.7. The van der Waals surface area contributed by atoms with Crippen LogP contribution in [0.4, 0.5) is 11.5 Å². The first kappa shape index (κ1) is 20.9. The Bertz CT molecular complexity index is 1020. The van der Waals surface area contributed by atoms with Crippen molar-refractivity contribution in [3.63, 3.8) is 0 Å². The summed E-state index contributed by atoms with van der Waals surface area (Å²) in [5.41, 5.74) is 2.54. The molecule has 2 aromatic carbocycles. The van der Waals surface area contributed by atoms with Gasteiger partial charge in [0.1, 0.15) is 5.82 Å². The van der Waals surface area contributed by atoms with Gasteiger partial charge in [-0.1, -0.05) is 30.3 Å². The van der Waals surface area contributed by atoms with Gasteiger partial charge in [0.2, 0.25) is 5.91 Å². The predicted octanol–water partition coefficient (Wildman–Crippen LogP) is 3.82. The molecule has 0 aliphatic carbocycles. The van der Waals surface area contributed by atoms with Crippen molar-refractivity contribution in [3.8, 4) is 11.4 Å². The van der Waals surface area contributed by atoms with Gasteiger partial charge < -0.3 is 10.2 Å². The zero-order chi connectivity index (χ0) is 21.5. The molecule has 0 atom stereocenters. The number of carbonyl (C=O) groups is 1. The fourth-order valence-corrected chi connectivity index (χ4v) is 2.95. The molecule has 8 nitrogen and oxygen atoms in total. The maximum atomic E-state index is 12.4. The Hall–Kier alpha value is -3.81. The molecule has 3 aromatic rings. The molecule has 8 heteroatoms. The predicted molar refractivity (Wildman–Crippen MR) is 115 cm³/mol. The van der Waals surface area contributed by atoms with Gasteiger partial charge in [-0.25, -0.2) is 9.97 Å². The summed E-state index contributed by atoms with van der Waals surface area (Å²) in [5, 5.41) is 14.0. The summed E-state index contributed by atoms with van der Waals surface area (Å²) in [7, 11) is 1.79. The van der Waals surface area contributed by atoms with Crippen LogP contribution in [0.3, 0.4) is 0 Å². The average Bonchev–Trinajstić information content (AvgIpc) is 2.74. The summed E-state index contributed by atoms with van der Waals surface area (Å²) in [5.74, 6) is 1.11. The van der Waals surface area contributed by atoms with Crippen molar-refractivity contribution in [3.05, 3.63) is 82.0 Å². The lowest BCUT2D eigenvalue weighted by molar-refractivity contribution is -0.384. The SMILES string of the molecule is Cc1cc(NCCC(=O)N(C)Cc2ccccc2)nc(-c2ccc([N+](=O)[O-])cc2)n1. The Morgan fingerprint density at radius 1 is 1.10 bits per heavy atom. The highest BCUT2D eigenvalue weighted by Gasteiger charge is 2.11. The number of rotatable bonds is 8. The minimum atomic E-state index is -0.445. The summed E-state index contributed by atoms with van der Waals surface area (Å²) >= 11 is 0. The van der Waals surface area contributed by atoms with E-state index in [-0.39, 0.29) is 11.6 Å². The standard InChI is InChI=1S/C22H23N5O3/c1-16-14-20(25-22(24-16)18-8-10-19(11-9-18)27(29)30)23-13-12-21(28)26(2)15-17-6-4-3-5-7-17/h3-11,14H,12-13,15H2,1-2H3,(H,23,24,25). The van der Waals surface area contributed by atoms with Gasteiger partial charge in [-0.2, -0.15) is 0 Å². The molecule has 0 bridgehead atoms. The topological polar surface area (TPSA) is 101 Å². The van der Waals surface area contributed by atoms with Crippen LogP contribution in [-0.4, -0.2) is 39.3 Å². The molecule has 0 aliphatic heterocycles. The van der Waals surface area contributed by atoms with Crippen LogP contribution in [0.15, 0.2) is 60.7 Å². The van der Waals surface area contributed by atoms with Gasteiger partial charge in [0.15, 0.2) is 5.82 Å². The summed E-state index contributed by atoms with van der Waals surface area (Å²) < 4.78 is 0. The van der Waals surface area contributed by atoms with E-state index in [1.807, 2.05) is 37.3 Å². The second-order valence-electron chi connectivity index (χ2n) is 6.93. The fraction of sp³-hybridized carbons (Fsp3) is 0.227. The Morgan fingerprint density at radius 2 is 1.80 bits per heavy atom. The number of aryl methyl sites for hydroxylation is 1. The van der Waals surface area contributed by atoms with Crippen molar-refractivity contribution in [2.75, 3.05) is 18.9 Å². The number of hydrogen-bond acceptors (Lipinski definition) is 6. The van der Waals surface area contributed by atoms with E-state index in [0.717, 1.165) is 11.3 Å². The van der Waals surface area contributed by atoms with Gasteiger partial charge in [-0.15, -0.1) is 0 Å². The van der Waals surface area contributed by atoms with Gasteiger partial charge in [0.25, 0.3) is 5.69 Å². The quantitative estimate of drug-likeness (QED) is 0.452. The van der Waals surface area contributed by atoms with E-state index in [1.54, 1.807) is 30.1 Å². The van der Waals surface area contributed by atoms with E-state index in [4.69, 9.17) is 0 Å². The van der Waals surface area contributed by atoms with Gasteiger partial charge in [0.05, 0.1) is 4.92 Å². The molecule has 1 aromatic heterocycles. The first-order valence-electron chi connectivity index (χ1n) is 9.54. The minimum absolute atomic E-state index is 0.0166. The maximum Gasteiger partial charge on any atom is 0.269 e. The molecule has 0 saturated heterocycles. The third kappa shape index (κ3) is 5.60. The summed E-state index contributed by atoms with van der Waals surface area (Å²) in [6.45, 7) is 2.85. The van der Waals surface area contributed by atoms with Crippen molar-refractivity contribution < 1.29 is 9.72 Å². The lowest BCUT2D eigenvalue weighted by atomic mass is 10.2. The molecule has 30 heavy (non-hydrogen) atoms. The molecule has 154 valence electrons. The molecule has 1 heterocycles. The molecule has 1 amide bonds. The largest absolute Gasteiger partial charge is 0.369 e. The third-order valence-corrected chi connectivity index (χ3v) is 4.52. The molecule has 0 fully saturated rings. The Kier molecular flexibility index (Phi) is 6.69. The highest BCUT2D eigenvalue weighted by molar-refractivity contribution is 5.76. The van der Waals surface area contributed by atoms with Gasteiger partial charge >= 0.3 is 0 Å². The first-order chi connectivity index (χ1) is 14.4. The van der Waals surface area contributed by atoms with Crippen LogP contribution in [0.1, 0.15) is 17.7 Å². The smallest absolute Gasteiger partial charge is 0.269 e. The number of nitro groups is 1. The average molecular weight is 405 g/mol. The highest BCUT2D eigenvalue weighted by Crippen LogP contribution is 2.21. The molecule has 0 saturated carbocycles. The van der Waals surface area contributed by atoms with Crippen molar-refractivity contribution in [1.82, 2.24) is 14.9 Å². The number of hydrogen-bond donors (Lipinski definition) is 1. The molecule has 0 radical (unpaired) electrons. The number of nitro benzene ring substituents is 1. The first-order valence-corrected chi connectivity index (χ1v) is 9.54. The van der Waals surface area contributed by atoms with Gasteiger partial charge in [-0.05, 0) is 24.6 Å². The lowest BCUT2D eigenvalue weighted by Gasteiger charge is -2.17. The van der Waals surface area contributed by atoms with E-state index >= 15 is 0 Å². The number of benzene rings is 2. The lowest BCUT2D eigenvalue weighted by Crippen LogP contribution is -2.27. The Morgan fingerprint density at radius 3 is 2.47 bits per heavy atom. The van der Waals surface area contributed by atoms with Crippen LogP contribution in [-0.2, 0) is 11.3 Å². The van der Waals surface area contributed by atoms with Crippen molar-refractivity contribution >= 4 is 17.4 Å². The number of aromatic nitrogens is 2. The van der Waals surface area contributed by atoms with Gasteiger partial charge in [-0.3, -0.25) is 14.9 Å². The van der Waals surface area contributed by atoms with E-state index in [2.05, 4.69) is 15.3 Å². The van der Waals surface area contributed by atoms with Crippen molar-refractivity contribution in [2.45, 2.75) is 19.9 Å². The molecular weight excluding hydrogens is 382 g/mol. The number of carbonyl (C=O) groups excluding carboxylic acids is 1. The number of non-ortho nitro benzene ring substituents is 1.